The fourth-order valence-corrected chi connectivity index (χ4v) is 4.00. The number of carbonyl (C=O) groups excluding carboxylic acids is 3. The Labute approximate surface area is 175 Å². The molecule has 156 valence electrons. The zero-order valence-corrected chi connectivity index (χ0v) is 17.0. The van der Waals surface area contributed by atoms with E-state index in [0.717, 1.165) is 11.1 Å². The normalized spacial score (nSPS) is 17.9. The number of ether oxygens (including phenoxy) is 1. The molecule has 1 spiro atoms. The Kier molecular flexibility index (Phi) is 5.44. The number of rotatable bonds is 5. The minimum absolute atomic E-state index is 0.0448. The Morgan fingerprint density at radius 1 is 1.07 bits per heavy atom. The minimum Gasteiger partial charge on any atom is -0.484 e. The highest BCUT2D eigenvalue weighted by molar-refractivity contribution is 6.07. The van der Waals surface area contributed by atoms with E-state index in [1.807, 2.05) is 61.5 Å². The number of nitrogens with zero attached hydrogens (tertiary/aromatic N) is 2. The quantitative estimate of drug-likeness (QED) is 0.773. The van der Waals surface area contributed by atoms with Crippen molar-refractivity contribution in [1.82, 2.24) is 15.1 Å². The van der Waals surface area contributed by atoms with E-state index in [2.05, 4.69) is 5.32 Å². The summed E-state index contributed by atoms with van der Waals surface area (Å²) in [4.78, 5) is 41.0. The molecule has 1 N–H and O–H groups in total. The van der Waals surface area contributed by atoms with Crippen molar-refractivity contribution in [2.75, 3.05) is 19.7 Å². The fourth-order valence-electron chi connectivity index (χ4n) is 4.00. The van der Waals surface area contributed by atoms with E-state index in [1.54, 1.807) is 4.90 Å². The van der Waals surface area contributed by atoms with Crippen LogP contribution in [-0.4, -0.2) is 52.9 Å². The molecule has 2 aromatic rings. The summed E-state index contributed by atoms with van der Waals surface area (Å²) in [6.07, 6.45) is 0.804. The van der Waals surface area contributed by atoms with Crippen LogP contribution in [0, 0.1) is 6.92 Å². The number of benzene rings is 2. The van der Waals surface area contributed by atoms with Gasteiger partial charge in [-0.2, -0.15) is 0 Å². The van der Waals surface area contributed by atoms with Gasteiger partial charge in [0.05, 0.1) is 6.54 Å². The first-order valence-corrected chi connectivity index (χ1v) is 10.1. The number of imide groups is 1. The lowest BCUT2D eigenvalue weighted by Crippen LogP contribution is -2.56. The minimum atomic E-state index is -0.917. The van der Waals surface area contributed by atoms with Gasteiger partial charge in [0.25, 0.3) is 11.8 Å². The predicted molar refractivity (Wildman–Crippen MR) is 111 cm³/mol. The van der Waals surface area contributed by atoms with Crippen LogP contribution < -0.4 is 10.1 Å². The molecule has 0 radical (unpaired) electrons. The molecule has 2 heterocycles. The van der Waals surface area contributed by atoms with Crippen molar-refractivity contribution in [2.45, 2.75) is 31.8 Å². The molecule has 0 unspecified atom stereocenters. The SMILES string of the molecule is Cc1cccc(OCC(=O)N2CCC3(CC2)NC(=O)N(Cc2ccccc2)C3=O)c1. The fraction of sp³-hybridized carbons (Fsp3) is 0.348. The van der Waals surface area contributed by atoms with Crippen molar-refractivity contribution < 1.29 is 19.1 Å². The van der Waals surface area contributed by atoms with Gasteiger partial charge >= 0.3 is 6.03 Å². The molecule has 2 aromatic carbocycles. The van der Waals surface area contributed by atoms with Gasteiger partial charge in [0, 0.05) is 13.1 Å². The van der Waals surface area contributed by atoms with E-state index >= 15 is 0 Å². The molecule has 0 saturated carbocycles. The van der Waals surface area contributed by atoms with Gasteiger partial charge in [-0.05, 0) is 43.0 Å². The molecule has 2 saturated heterocycles. The van der Waals surface area contributed by atoms with Crippen LogP contribution in [0.5, 0.6) is 5.75 Å². The summed E-state index contributed by atoms with van der Waals surface area (Å²) in [7, 11) is 0. The molecule has 2 fully saturated rings. The van der Waals surface area contributed by atoms with Crippen LogP contribution >= 0.6 is 0 Å². The third kappa shape index (κ3) is 4.01. The van der Waals surface area contributed by atoms with E-state index in [-0.39, 0.29) is 31.0 Å². The monoisotopic (exact) mass is 407 g/mol. The maximum absolute atomic E-state index is 13.0. The number of hydrogen-bond acceptors (Lipinski definition) is 4. The molecule has 7 nitrogen and oxygen atoms in total. The number of likely N-dealkylation sites (tertiary alicyclic amines) is 1. The van der Waals surface area contributed by atoms with E-state index in [4.69, 9.17) is 4.74 Å². The molecular weight excluding hydrogens is 382 g/mol. The predicted octanol–water partition coefficient (Wildman–Crippen LogP) is 2.49. The Hall–Kier alpha value is -3.35. The van der Waals surface area contributed by atoms with Crippen LogP contribution in [0.1, 0.15) is 24.0 Å². The third-order valence-corrected chi connectivity index (χ3v) is 5.75. The molecule has 0 aromatic heterocycles. The van der Waals surface area contributed by atoms with Gasteiger partial charge < -0.3 is 15.0 Å². The average Bonchev–Trinajstić information content (AvgIpc) is 2.97. The summed E-state index contributed by atoms with van der Waals surface area (Å²) in [5, 5.41) is 2.88. The van der Waals surface area contributed by atoms with E-state index < -0.39 is 5.54 Å². The van der Waals surface area contributed by atoms with Crippen LogP contribution in [0.3, 0.4) is 0 Å². The molecule has 4 amide bonds. The van der Waals surface area contributed by atoms with Gasteiger partial charge in [0.1, 0.15) is 11.3 Å². The standard InChI is InChI=1S/C23H25N3O4/c1-17-6-5-9-19(14-17)30-16-20(27)25-12-10-23(11-13-25)21(28)26(22(29)24-23)15-18-7-3-2-4-8-18/h2-9,14H,10-13,15-16H2,1H3,(H,24,29). The highest BCUT2D eigenvalue weighted by Crippen LogP contribution is 2.30. The summed E-state index contributed by atoms with van der Waals surface area (Å²) in [6.45, 7) is 2.98. The number of urea groups is 1. The lowest BCUT2D eigenvalue weighted by molar-refractivity contribution is -0.139. The number of carbonyl (C=O) groups is 3. The molecular formula is C23H25N3O4. The Morgan fingerprint density at radius 3 is 2.50 bits per heavy atom. The Balaban J connectivity index is 1.33. The van der Waals surface area contributed by atoms with Crippen LogP contribution in [-0.2, 0) is 16.1 Å². The average molecular weight is 407 g/mol. The number of nitrogens with one attached hydrogen (secondary N) is 1. The molecule has 4 rings (SSSR count). The number of amides is 4. The summed E-state index contributed by atoms with van der Waals surface area (Å²) < 4.78 is 5.60. The van der Waals surface area contributed by atoms with Gasteiger partial charge in [-0.15, -0.1) is 0 Å². The topological polar surface area (TPSA) is 79.0 Å². The second kappa shape index (κ2) is 8.18. The Bertz CT molecular complexity index is 952. The summed E-state index contributed by atoms with van der Waals surface area (Å²) in [5.41, 5.74) is 1.05. The number of hydrogen-bond donors (Lipinski definition) is 1. The van der Waals surface area contributed by atoms with Crippen molar-refractivity contribution >= 4 is 17.8 Å². The van der Waals surface area contributed by atoms with Crippen molar-refractivity contribution in [3.63, 3.8) is 0 Å². The number of piperidine rings is 1. The molecule has 0 aliphatic carbocycles. The lowest BCUT2D eigenvalue weighted by atomic mass is 9.87. The van der Waals surface area contributed by atoms with Crippen LogP contribution in [0.25, 0.3) is 0 Å². The van der Waals surface area contributed by atoms with Gasteiger partial charge in [-0.3, -0.25) is 14.5 Å². The molecule has 0 bridgehead atoms. The first-order chi connectivity index (χ1) is 14.5. The van der Waals surface area contributed by atoms with Crippen molar-refractivity contribution in [3.8, 4) is 5.75 Å². The third-order valence-electron chi connectivity index (χ3n) is 5.75. The second-order valence-electron chi connectivity index (χ2n) is 7.88. The van der Waals surface area contributed by atoms with Gasteiger partial charge in [0.15, 0.2) is 6.61 Å². The van der Waals surface area contributed by atoms with Crippen LogP contribution in [0.4, 0.5) is 4.79 Å². The summed E-state index contributed by atoms with van der Waals surface area (Å²) >= 11 is 0. The molecule has 30 heavy (non-hydrogen) atoms. The summed E-state index contributed by atoms with van der Waals surface area (Å²) in [5.74, 6) is 0.329. The van der Waals surface area contributed by atoms with Crippen LogP contribution in [0.2, 0.25) is 0 Å². The highest BCUT2D eigenvalue weighted by atomic mass is 16.5. The van der Waals surface area contributed by atoms with Gasteiger partial charge in [-0.1, -0.05) is 42.5 Å². The maximum atomic E-state index is 13.0. The van der Waals surface area contributed by atoms with E-state index in [0.29, 0.717) is 31.7 Å². The number of aryl methyl sites for hydroxylation is 1. The zero-order chi connectivity index (χ0) is 21.1. The highest BCUT2D eigenvalue weighted by Gasteiger charge is 2.52. The zero-order valence-electron chi connectivity index (χ0n) is 17.0. The first-order valence-electron chi connectivity index (χ1n) is 10.1. The van der Waals surface area contributed by atoms with E-state index in [1.165, 1.54) is 4.90 Å². The maximum Gasteiger partial charge on any atom is 0.325 e. The van der Waals surface area contributed by atoms with Crippen molar-refractivity contribution in [2.24, 2.45) is 0 Å². The van der Waals surface area contributed by atoms with E-state index in [9.17, 15) is 14.4 Å². The van der Waals surface area contributed by atoms with Gasteiger partial charge in [-0.25, -0.2) is 4.79 Å². The lowest BCUT2D eigenvalue weighted by Gasteiger charge is -2.37. The molecule has 0 atom stereocenters. The van der Waals surface area contributed by atoms with Crippen molar-refractivity contribution in [3.05, 3.63) is 65.7 Å². The smallest absolute Gasteiger partial charge is 0.325 e. The first kappa shape index (κ1) is 19.9. The molecule has 2 aliphatic heterocycles. The second-order valence-corrected chi connectivity index (χ2v) is 7.88. The van der Waals surface area contributed by atoms with Crippen molar-refractivity contribution in [1.29, 1.82) is 0 Å². The molecule has 2 aliphatic rings. The largest absolute Gasteiger partial charge is 0.484 e. The van der Waals surface area contributed by atoms with Crippen LogP contribution in [0.15, 0.2) is 54.6 Å². The summed E-state index contributed by atoms with van der Waals surface area (Å²) in [6, 6.07) is 16.6. The molecule has 7 heteroatoms. The Morgan fingerprint density at radius 2 is 1.80 bits per heavy atom. The van der Waals surface area contributed by atoms with Gasteiger partial charge in [0.2, 0.25) is 0 Å².